The number of nitrogens with zero attached hydrogens (tertiary/aromatic N) is 2. The molecular weight excluding hydrogens is 271 g/mol. The van der Waals surface area contributed by atoms with Gasteiger partial charge in [-0.25, -0.2) is 0 Å². The van der Waals surface area contributed by atoms with Gasteiger partial charge in [0.25, 0.3) is 0 Å². The fraction of sp³-hybridized carbons (Fsp3) is 0.250. The van der Waals surface area contributed by atoms with E-state index in [-0.39, 0.29) is 6.04 Å². The molecule has 1 atom stereocenters. The molecule has 2 rings (SSSR count). The number of hydrogen-bond acceptors (Lipinski definition) is 3. The van der Waals surface area contributed by atoms with Crippen LogP contribution in [0.15, 0.2) is 30.5 Å². The topological polar surface area (TPSA) is 55.9 Å². The molecule has 0 aliphatic carbocycles. The number of nitrogens with two attached hydrogens (primary N) is 1. The smallest absolute Gasteiger partial charge is 0.0644 e. The molecule has 0 spiro atoms. The van der Waals surface area contributed by atoms with Crippen LogP contribution in [0.25, 0.3) is 0 Å². The van der Waals surface area contributed by atoms with Crippen LogP contribution < -0.4 is 11.3 Å². The maximum Gasteiger partial charge on any atom is 0.0644 e. The standard InChI is InChI=1S/C12H14Cl2N4/c1-18-6-5-8(17-18)7-11(16-15)12-9(13)3-2-4-10(12)14/h2-6,11,16H,7,15H2,1H3. The summed E-state index contributed by atoms with van der Waals surface area (Å²) in [5, 5.41) is 5.52. The molecule has 0 fully saturated rings. The maximum atomic E-state index is 6.17. The van der Waals surface area contributed by atoms with E-state index >= 15 is 0 Å². The molecule has 3 N–H and O–H groups in total. The Hall–Kier alpha value is -1.07. The second-order valence-electron chi connectivity index (χ2n) is 4.04. The van der Waals surface area contributed by atoms with Crippen LogP contribution >= 0.6 is 23.2 Å². The molecular formula is C12H14Cl2N4. The fourth-order valence-electron chi connectivity index (χ4n) is 1.87. The van der Waals surface area contributed by atoms with Crippen molar-refractivity contribution < 1.29 is 0 Å². The van der Waals surface area contributed by atoms with Gasteiger partial charge in [-0.05, 0) is 18.2 Å². The van der Waals surface area contributed by atoms with Gasteiger partial charge in [0.2, 0.25) is 0 Å². The van der Waals surface area contributed by atoms with Crippen LogP contribution in [0, 0.1) is 0 Å². The van der Waals surface area contributed by atoms with Crippen LogP contribution in [0.2, 0.25) is 10.0 Å². The molecule has 1 unspecified atom stereocenters. The summed E-state index contributed by atoms with van der Waals surface area (Å²) in [6.45, 7) is 0. The first-order chi connectivity index (χ1) is 8.61. The number of benzene rings is 1. The molecule has 0 bridgehead atoms. The second-order valence-corrected chi connectivity index (χ2v) is 4.85. The quantitative estimate of drug-likeness (QED) is 0.670. The maximum absolute atomic E-state index is 6.17. The van der Waals surface area contributed by atoms with Crippen molar-refractivity contribution in [2.24, 2.45) is 12.9 Å². The Balaban J connectivity index is 2.28. The molecule has 1 heterocycles. The van der Waals surface area contributed by atoms with E-state index in [1.54, 1.807) is 16.8 Å². The molecule has 96 valence electrons. The van der Waals surface area contributed by atoms with Crippen molar-refractivity contribution in [1.82, 2.24) is 15.2 Å². The molecule has 1 aromatic heterocycles. The zero-order valence-corrected chi connectivity index (χ0v) is 11.4. The third-order valence-corrected chi connectivity index (χ3v) is 3.39. The first-order valence-electron chi connectivity index (χ1n) is 5.50. The Morgan fingerprint density at radius 1 is 1.33 bits per heavy atom. The van der Waals surface area contributed by atoms with Gasteiger partial charge in [0, 0.05) is 35.3 Å². The third kappa shape index (κ3) is 2.84. The van der Waals surface area contributed by atoms with Crippen molar-refractivity contribution in [2.45, 2.75) is 12.5 Å². The van der Waals surface area contributed by atoms with Gasteiger partial charge in [0.05, 0.1) is 11.7 Å². The summed E-state index contributed by atoms with van der Waals surface area (Å²) >= 11 is 12.3. The first-order valence-corrected chi connectivity index (χ1v) is 6.26. The fourth-order valence-corrected chi connectivity index (χ4v) is 2.53. The normalized spacial score (nSPS) is 12.7. The van der Waals surface area contributed by atoms with Crippen molar-refractivity contribution in [2.75, 3.05) is 0 Å². The lowest BCUT2D eigenvalue weighted by Crippen LogP contribution is -2.30. The molecule has 0 aliphatic heterocycles. The van der Waals surface area contributed by atoms with E-state index in [9.17, 15) is 0 Å². The number of aromatic nitrogens is 2. The van der Waals surface area contributed by atoms with Crippen LogP contribution in [-0.2, 0) is 13.5 Å². The van der Waals surface area contributed by atoms with Gasteiger partial charge in [-0.1, -0.05) is 29.3 Å². The third-order valence-electron chi connectivity index (χ3n) is 2.73. The highest BCUT2D eigenvalue weighted by Gasteiger charge is 2.18. The monoisotopic (exact) mass is 284 g/mol. The summed E-state index contributed by atoms with van der Waals surface area (Å²) in [6.07, 6.45) is 2.51. The van der Waals surface area contributed by atoms with Crippen molar-refractivity contribution >= 4 is 23.2 Å². The van der Waals surface area contributed by atoms with E-state index in [1.807, 2.05) is 25.4 Å². The van der Waals surface area contributed by atoms with Crippen LogP contribution in [0.1, 0.15) is 17.3 Å². The summed E-state index contributed by atoms with van der Waals surface area (Å²) in [4.78, 5) is 0. The second kappa shape index (κ2) is 5.71. The van der Waals surface area contributed by atoms with Gasteiger partial charge in [-0.2, -0.15) is 5.10 Å². The zero-order valence-electron chi connectivity index (χ0n) is 9.90. The Kier molecular flexibility index (Phi) is 4.24. The average Bonchev–Trinajstić information content (AvgIpc) is 2.73. The van der Waals surface area contributed by atoms with E-state index in [0.29, 0.717) is 16.5 Å². The van der Waals surface area contributed by atoms with Crippen molar-refractivity contribution in [3.63, 3.8) is 0 Å². The lowest BCUT2D eigenvalue weighted by Gasteiger charge is -2.18. The summed E-state index contributed by atoms with van der Waals surface area (Å²) in [7, 11) is 1.87. The SMILES string of the molecule is Cn1ccc(CC(NN)c2c(Cl)cccc2Cl)n1. The molecule has 18 heavy (non-hydrogen) atoms. The summed E-state index contributed by atoms with van der Waals surface area (Å²) in [5.74, 6) is 5.60. The Bertz CT molecular complexity index is 518. The minimum absolute atomic E-state index is 0.166. The Morgan fingerprint density at radius 3 is 2.50 bits per heavy atom. The van der Waals surface area contributed by atoms with Gasteiger partial charge in [0.15, 0.2) is 0 Å². The molecule has 1 aromatic carbocycles. The van der Waals surface area contributed by atoms with E-state index in [1.165, 1.54) is 0 Å². The van der Waals surface area contributed by atoms with Crippen LogP contribution in [0.5, 0.6) is 0 Å². The van der Waals surface area contributed by atoms with Crippen LogP contribution in [0.3, 0.4) is 0 Å². The molecule has 2 aromatic rings. The molecule has 4 nitrogen and oxygen atoms in total. The highest BCUT2D eigenvalue weighted by Crippen LogP contribution is 2.31. The number of halogens is 2. The summed E-state index contributed by atoms with van der Waals surface area (Å²) in [5.41, 5.74) is 4.47. The van der Waals surface area contributed by atoms with E-state index in [4.69, 9.17) is 29.0 Å². The highest BCUT2D eigenvalue weighted by atomic mass is 35.5. The highest BCUT2D eigenvalue weighted by molar-refractivity contribution is 6.36. The predicted molar refractivity (Wildman–Crippen MR) is 73.4 cm³/mol. The van der Waals surface area contributed by atoms with Gasteiger partial charge in [-0.15, -0.1) is 0 Å². The Labute approximate surface area is 116 Å². The van der Waals surface area contributed by atoms with Crippen LogP contribution in [-0.4, -0.2) is 9.78 Å². The molecule has 0 amide bonds. The molecule has 0 saturated heterocycles. The van der Waals surface area contributed by atoms with E-state index < -0.39 is 0 Å². The van der Waals surface area contributed by atoms with Crippen molar-refractivity contribution in [3.8, 4) is 0 Å². The van der Waals surface area contributed by atoms with Crippen molar-refractivity contribution in [1.29, 1.82) is 0 Å². The van der Waals surface area contributed by atoms with Gasteiger partial charge in [-0.3, -0.25) is 16.0 Å². The predicted octanol–water partition coefficient (Wildman–Crippen LogP) is 2.47. The minimum atomic E-state index is -0.166. The minimum Gasteiger partial charge on any atom is -0.276 e. The summed E-state index contributed by atoms with van der Waals surface area (Å²) < 4.78 is 1.75. The number of aryl methyl sites for hydroxylation is 1. The van der Waals surface area contributed by atoms with Gasteiger partial charge < -0.3 is 0 Å². The number of hydrogen-bond donors (Lipinski definition) is 2. The molecule has 0 aliphatic rings. The number of hydrazine groups is 1. The lowest BCUT2D eigenvalue weighted by atomic mass is 10.0. The largest absolute Gasteiger partial charge is 0.276 e. The lowest BCUT2D eigenvalue weighted by molar-refractivity contribution is 0.542. The first kappa shape index (κ1) is 13.4. The molecule has 0 radical (unpaired) electrons. The number of nitrogens with one attached hydrogen (secondary N) is 1. The van der Waals surface area contributed by atoms with Crippen LogP contribution in [0.4, 0.5) is 0 Å². The van der Waals surface area contributed by atoms with Gasteiger partial charge in [0.1, 0.15) is 0 Å². The van der Waals surface area contributed by atoms with Crippen molar-refractivity contribution in [3.05, 3.63) is 51.8 Å². The van der Waals surface area contributed by atoms with Gasteiger partial charge >= 0.3 is 0 Å². The van der Waals surface area contributed by atoms with E-state index in [2.05, 4.69) is 10.5 Å². The molecule has 6 heteroatoms. The number of rotatable bonds is 4. The summed E-state index contributed by atoms with van der Waals surface area (Å²) in [6, 6.07) is 7.18. The zero-order chi connectivity index (χ0) is 13.1. The Morgan fingerprint density at radius 2 is 2.00 bits per heavy atom. The molecule has 0 saturated carbocycles. The van der Waals surface area contributed by atoms with E-state index in [0.717, 1.165) is 11.3 Å². The average molecular weight is 285 g/mol.